The Morgan fingerprint density at radius 3 is 2.00 bits per heavy atom. The first-order chi connectivity index (χ1) is 6.02. The fourth-order valence-corrected chi connectivity index (χ4v) is 1.02. The summed E-state index contributed by atoms with van der Waals surface area (Å²) in [5.74, 6) is -1.90. The molecule has 0 saturated heterocycles. The number of hydrogen-bond donors (Lipinski definition) is 0. The lowest BCUT2D eigenvalue weighted by molar-refractivity contribution is -0.227. The minimum atomic E-state index is -1.35. The van der Waals surface area contributed by atoms with E-state index in [-0.39, 0.29) is 6.42 Å². The Labute approximate surface area is 78.5 Å². The van der Waals surface area contributed by atoms with Crippen LogP contribution in [0, 0.1) is 0 Å². The molecule has 0 saturated carbocycles. The number of esters is 1. The second kappa shape index (κ2) is 4.99. The van der Waals surface area contributed by atoms with Crippen molar-refractivity contribution in [3.05, 3.63) is 12.2 Å². The quantitative estimate of drug-likeness (QED) is 0.368. The lowest BCUT2D eigenvalue weighted by Crippen LogP contribution is -2.43. The summed E-state index contributed by atoms with van der Waals surface area (Å²) in [6.07, 6.45) is 0.284. The molecule has 0 unspecified atom stereocenters. The number of carbonyl (C=O) groups excluding carboxylic acids is 1. The van der Waals surface area contributed by atoms with E-state index in [1.54, 1.807) is 6.92 Å². The number of carbonyl (C=O) groups is 1. The highest BCUT2D eigenvalue weighted by atomic mass is 16.7. The van der Waals surface area contributed by atoms with Crippen molar-refractivity contribution in [3.8, 4) is 0 Å². The molecule has 0 heterocycles. The molecule has 0 aromatic heterocycles. The molecule has 76 valence electrons. The summed E-state index contributed by atoms with van der Waals surface area (Å²) < 4.78 is 14.6. The molecule has 0 fully saturated rings. The van der Waals surface area contributed by atoms with E-state index in [1.807, 2.05) is 0 Å². The fourth-order valence-electron chi connectivity index (χ4n) is 1.02. The molecule has 4 heteroatoms. The molecule has 13 heavy (non-hydrogen) atoms. The van der Waals surface area contributed by atoms with Crippen LogP contribution in [0.5, 0.6) is 0 Å². The van der Waals surface area contributed by atoms with Crippen molar-refractivity contribution in [1.29, 1.82) is 0 Å². The van der Waals surface area contributed by atoms with Crippen LogP contribution in [0.25, 0.3) is 0 Å². The van der Waals surface area contributed by atoms with Gasteiger partial charge in [-0.25, -0.2) is 4.79 Å². The maximum Gasteiger partial charge on any atom is 0.366 e. The van der Waals surface area contributed by atoms with Crippen molar-refractivity contribution in [1.82, 2.24) is 0 Å². The topological polar surface area (TPSA) is 44.8 Å². The molecule has 4 nitrogen and oxygen atoms in total. The van der Waals surface area contributed by atoms with Crippen LogP contribution < -0.4 is 0 Å². The van der Waals surface area contributed by atoms with E-state index < -0.39 is 11.8 Å². The van der Waals surface area contributed by atoms with Gasteiger partial charge < -0.3 is 14.2 Å². The van der Waals surface area contributed by atoms with Gasteiger partial charge in [-0.15, -0.1) is 0 Å². The highest BCUT2D eigenvalue weighted by molar-refractivity contribution is 5.78. The fraction of sp³-hybridized carbons (Fsp3) is 0.667. The van der Waals surface area contributed by atoms with E-state index in [0.717, 1.165) is 5.57 Å². The molecule has 0 aliphatic heterocycles. The highest BCUT2D eigenvalue weighted by Gasteiger charge is 2.40. The molecule has 0 aromatic rings. The molecule has 0 aliphatic rings. The first-order valence-electron chi connectivity index (χ1n) is 3.85. The molecule has 0 amide bonds. The largest absolute Gasteiger partial charge is 0.465 e. The van der Waals surface area contributed by atoms with Gasteiger partial charge >= 0.3 is 5.97 Å². The van der Waals surface area contributed by atoms with E-state index in [4.69, 9.17) is 9.47 Å². The summed E-state index contributed by atoms with van der Waals surface area (Å²) in [6, 6.07) is 0. The van der Waals surface area contributed by atoms with E-state index in [1.165, 1.54) is 21.3 Å². The lowest BCUT2D eigenvalue weighted by atomic mass is 10.1. The number of methoxy groups -OCH3 is 3. The molecule has 0 atom stereocenters. The van der Waals surface area contributed by atoms with Crippen LogP contribution in [-0.4, -0.2) is 33.1 Å². The van der Waals surface area contributed by atoms with Crippen LogP contribution in [0.3, 0.4) is 0 Å². The maximum atomic E-state index is 11.3. The Morgan fingerprint density at radius 2 is 1.77 bits per heavy atom. The van der Waals surface area contributed by atoms with Gasteiger partial charge in [-0.2, -0.15) is 0 Å². The predicted octanol–water partition coefficient (Wildman–Crippen LogP) is 1.11. The third kappa shape index (κ3) is 2.82. The number of rotatable bonds is 5. The average Bonchev–Trinajstić information content (AvgIpc) is 2.12. The molecular formula is C9H16O4. The van der Waals surface area contributed by atoms with Gasteiger partial charge in [0.05, 0.1) is 7.11 Å². The van der Waals surface area contributed by atoms with Crippen molar-refractivity contribution in [3.63, 3.8) is 0 Å². The predicted molar refractivity (Wildman–Crippen MR) is 48.2 cm³/mol. The number of hydrogen-bond acceptors (Lipinski definition) is 4. The van der Waals surface area contributed by atoms with Crippen molar-refractivity contribution >= 4 is 5.97 Å². The third-order valence-electron chi connectivity index (χ3n) is 1.69. The summed E-state index contributed by atoms with van der Waals surface area (Å²) in [4.78, 5) is 11.3. The maximum absolute atomic E-state index is 11.3. The molecule has 0 rings (SSSR count). The van der Waals surface area contributed by atoms with Gasteiger partial charge in [0.15, 0.2) is 0 Å². The van der Waals surface area contributed by atoms with Gasteiger partial charge in [-0.1, -0.05) is 12.2 Å². The van der Waals surface area contributed by atoms with Gasteiger partial charge in [-0.05, 0) is 6.92 Å². The van der Waals surface area contributed by atoms with E-state index in [9.17, 15) is 4.79 Å². The Balaban J connectivity index is 4.68. The molecule has 0 aliphatic carbocycles. The van der Waals surface area contributed by atoms with E-state index in [0.29, 0.717) is 0 Å². The summed E-state index contributed by atoms with van der Waals surface area (Å²) >= 11 is 0. The van der Waals surface area contributed by atoms with Crippen LogP contribution in [0.1, 0.15) is 13.3 Å². The molecule has 0 N–H and O–H groups in total. The lowest BCUT2D eigenvalue weighted by Gasteiger charge is -2.27. The second-order valence-electron chi connectivity index (χ2n) is 2.79. The number of ether oxygens (including phenoxy) is 3. The van der Waals surface area contributed by atoms with Crippen molar-refractivity contribution in [2.24, 2.45) is 0 Å². The zero-order chi connectivity index (χ0) is 10.5. The Morgan fingerprint density at radius 1 is 1.31 bits per heavy atom. The monoisotopic (exact) mass is 188 g/mol. The van der Waals surface area contributed by atoms with Crippen LogP contribution in [0.2, 0.25) is 0 Å². The van der Waals surface area contributed by atoms with Crippen LogP contribution in [0.15, 0.2) is 12.2 Å². The third-order valence-corrected chi connectivity index (χ3v) is 1.69. The molecular weight excluding hydrogens is 172 g/mol. The normalized spacial score (nSPS) is 11.1. The van der Waals surface area contributed by atoms with E-state index >= 15 is 0 Å². The molecule has 0 aromatic carbocycles. The van der Waals surface area contributed by atoms with Crippen LogP contribution >= 0.6 is 0 Å². The second-order valence-corrected chi connectivity index (χ2v) is 2.79. The molecule has 0 spiro atoms. The summed E-state index contributed by atoms with van der Waals surface area (Å²) in [5, 5.41) is 0. The van der Waals surface area contributed by atoms with Gasteiger partial charge in [-0.3, -0.25) is 0 Å². The zero-order valence-electron chi connectivity index (χ0n) is 8.55. The summed E-state index contributed by atoms with van der Waals surface area (Å²) in [7, 11) is 4.07. The van der Waals surface area contributed by atoms with Crippen molar-refractivity contribution < 1.29 is 19.0 Å². The average molecular weight is 188 g/mol. The first-order valence-corrected chi connectivity index (χ1v) is 3.85. The minimum absolute atomic E-state index is 0.284. The van der Waals surface area contributed by atoms with Gasteiger partial charge in [0.2, 0.25) is 0 Å². The zero-order valence-corrected chi connectivity index (χ0v) is 8.55. The molecule has 0 radical (unpaired) electrons. The first kappa shape index (κ1) is 12.1. The Kier molecular flexibility index (Phi) is 4.66. The molecule has 0 bridgehead atoms. The summed E-state index contributed by atoms with van der Waals surface area (Å²) in [5.41, 5.74) is 0.786. The van der Waals surface area contributed by atoms with Gasteiger partial charge in [0.25, 0.3) is 5.79 Å². The van der Waals surface area contributed by atoms with Gasteiger partial charge in [0, 0.05) is 20.6 Å². The Bertz CT molecular complexity index is 194. The van der Waals surface area contributed by atoms with Crippen molar-refractivity contribution in [2.75, 3.05) is 21.3 Å². The Hall–Kier alpha value is -0.870. The van der Waals surface area contributed by atoms with Crippen LogP contribution in [-0.2, 0) is 19.0 Å². The van der Waals surface area contributed by atoms with E-state index in [2.05, 4.69) is 11.3 Å². The summed E-state index contributed by atoms with van der Waals surface area (Å²) in [6.45, 7) is 5.47. The van der Waals surface area contributed by atoms with Gasteiger partial charge in [0.1, 0.15) is 0 Å². The SMILES string of the molecule is C=C(C)CC(OC)(OC)C(=O)OC. The highest BCUT2D eigenvalue weighted by Crippen LogP contribution is 2.21. The minimum Gasteiger partial charge on any atom is -0.465 e. The van der Waals surface area contributed by atoms with Crippen LogP contribution in [0.4, 0.5) is 0 Å². The van der Waals surface area contributed by atoms with Crippen molar-refractivity contribution in [2.45, 2.75) is 19.1 Å². The standard InChI is InChI=1S/C9H16O4/c1-7(2)6-9(12-4,13-5)8(10)11-3/h1,6H2,2-5H3. The smallest absolute Gasteiger partial charge is 0.366 e.